The van der Waals surface area contributed by atoms with E-state index in [0.29, 0.717) is 0 Å². The van der Waals surface area contributed by atoms with Crippen molar-refractivity contribution in [3.05, 3.63) is 41.5 Å². The zero-order valence-corrected chi connectivity index (χ0v) is 10.6. The fraction of sp³-hybridized carbons (Fsp3) is 0.429. The number of rotatable bonds is 2. The summed E-state index contributed by atoms with van der Waals surface area (Å²) in [5, 5.41) is 0. The lowest BCUT2D eigenvalue weighted by Crippen LogP contribution is -2.53. The quantitative estimate of drug-likeness (QED) is 0.700. The Morgan fingerprint density at radius 3 is 2.25 bits per heavy atom. The average Bonchev–Trinajstić information content (AvgIpc) is 2.27. The van der Waals surface area contributed by atoms with E-state index >= 15 is 0 Å². The van der Waals surface area contributed by atoms with Gasteiger partial charge >= 0.3 is 0 Å². The molecule has 86 valence electrons. The van der Waals surface area contributed by atoms with Crippen molar-refractivity contribution in [2.75, 3.05) is 28.2 Å². The summed E-state index contributed by atoms with van der Waals surface area (Å²) in [7, 11) is 8.60. The molecular formula is C14H20N2. The molecule has 0 spiro atoms. The summed E-state index contributed by atoms with van der Waals surface area (Å²) in [6.07, 6.45) is 5.52. The number of hydrogen-bond acceptors (Lipinski definition) is 2. The smallest absolute Gasteiger partial charge is 0.103 e. The minimum Gasteiger partial charge on any atom is -0.287 e. The van der Waals surface area contributed by atoms with Crippen LogP contribution in [0.25, 0.3) is 6.08 Å². The Hall–Kier alpha value is -1.12. The van der Waals surface area contributed by atoms with Crippen molar-refractivity contribution in [1.82, 2.24) is 9.80 Å². The molecule has 0 bridgehead atoms. The van der Waals surface area contributed by atoms with Gasteiger partial charge in [-0.3, -0.25) is 9.80 Å². The summed E-state index contributed by atoms with van der Waals surface area (Å²) < 4.78 is 0. The molecule has 0 atom stereocenters. The largest absolute Gasteiger partial charge is 0.287 e. The third-order valence-corrected chi connectivity index (χ3v) is 3.57. The van der Waals surface area contributed by atoms with Crippen LogP contribution in [0.5, 0.6) is 0 Å². The molecule has 0 heterocycles. The minimum absolute atomic E-state index is 0.00859. The molecule has 0 aromatic heterocycles. The first kappa shape index (κ1) is 11.4. The van der Waals surface area contributed by atoms with Gasteiger partial charge < -0.3 is 0 Å². The summed E-state index contributed by atoms with van der Waals surface area (Å²) in [5.74, 6) is 0. The predicted molar refractivity (Wildman–Crippen MR) is 69.1 cm³/mol. The van der Waals surface area contributed by atoms with E-state index in [-0.39, 0.29) is 5.66 Å². The molecule has 2 rings (SSSR count). The van der Waals surface area contributed by atoms with Gasteiger partial charge in [0.15, 0.2) is 0 Å². The summed E-state index contributed by atoms with van der Waals surface area (Å²) in [6.45, 7) is 0. The molecule has 1 aromatic carbocycles. The van der Waals surface area contributed by atoms with Gasteiger partial charge in [0.25, 0.3) is 0 Å². The van der Waals surface area contributed by atoms with Gasteiger partial charge in [-0.25, -0.2) is 0 Å². The molecule has 0 saturated carbocycles. The Labute approximate surface area is 98.2 Å². The normalized spacial score (nSPS) is 17.9. The molecule has 1 aliphatic rings. The molecule has 0 fully saturated rings. The van der Waals surface area contributed by atoms with E-state index in [1.165, 1.54) is 11.1 Å². The maximum atomic E-state index is 2.30. The molecule has 0 saturated heterocycles. The molecular weight excluding hydrogens is 196 g/mol. The van der Waals surface area contributed by atoms with Crippen molar-refractivity contribution in [1.29, 1.82) is 0 Å². The van der Waals surface area contributed by atoms with Crippen molar-refractivity contribution in [3.8, 4) is 0 Å². The van der Waals surface area contributed by atoms with E-state index in [9.17, 15) is 0 Å². The zero-order chi connectivity index (χ0) is 11.8. The van der Waals surface area contributed by atoms with Crippen LogP contribution in [0.4, 0.5) is 0 Å². The molecule has 2 nitrogen and oxygen atoms in total. The van der Waals surface area contributed by atoms with Crippen LogP contribution in [0.2, 0.25) is 0 Å². The number of hydrogen-bond donors (Lipinski definition) is 0. The van der Waals surface area contributed by atoms with E-state index in [2.05, 4.69) is 74.4 Å². The molecule has 1 aromatic rings. The van der Waals surface area contributed by atoms with E-state index in [1.54, 1.807) is 0 Å². The van der Waals surface area contributed by atoms with Crippen molar-refractivity contribution >= 4 is 6.08 Å². The first-order valence-electron chi connectivity index (χ1n) is 5.70. The maximum Gasteiger partial charge on any atom is 0.103 e. The molecule has 0 amide bonds. The highest BCUT2D eigenvalue weighted by molar-refractivity contribution is 5.58. The lowest BCUT2D eigenvalue weighted by atomic mass is 9.85. The fourth-order valence-corrected chi connectivity index (χ4v) is 2.71. The van der Waals surface area contributed by atoms with Crippen LogP contribution in [-0.4, -0.2) is 38.0 Å². The fourth-order valence-electron chi connectivity index (χ4n) is 2.71. The Kier molecular flexibility index (Phi) is 2.87. The van der Waals surface area contributed by atoms with E-state index in [4.69, 9.17) is 0 Å². The zero-order valence-electron chi connectivity index (χ0n) is 10.6. The Balaban J connectivity index is 2.61. The summed E-state index contributed by atoms with van der Waals surface area (Å²) in [6, 6.07) is 8.65. The van der Waals surface area contributed by atoms with Gasteiger partial charge in [0.05, 0.1) is 0 Å². The standard InChI is InChI=1S/C14H20N2/c1-15(2)14(16(3)4)11-7-9-12-8-5-6-10-13(12)14/h5-10H,11H2,1-4H3. The average molecular weight is 216 g/mol. The first-order chi connectivity index (χ1) is 7.59. The molecule has 1 aliphatic carbocycles. The van der Waals surface area contributed by atoms with Crippen molar-refractivity contribution in [2.45, 2.75) is 12.1 Å². The second kappa shape index (κ2) is 4.04. The highest BCUT2D eigenvalue weighted by atomic mass is 15.4. The minimum atomic E-state index is -0.00859. The van der Waals surface area contributed by atoms with E-state index in [1.807, 2.05) is 0 Å². The summed E-state index contributed by atoms with van der Waals surface area (Å²) in [5.41, 5.74) is 2.72. The van der Waals surface area contributed by atoms with Crippen molar-refractivity contribution < 1.29 is 0 Å². The molecule has 0 unspecified atom stereocenters. The van der Waals surface area contributed by atoms with Gasteiger partial charge in [0, 0.05) is 6.42 Å². The van der Waals surface area contributed by atoms with Crippen LogP contribution in [0.15, 0.2) is 30.3 Å². The lowest BCUT2D eigenvalue weighted by molar-refractivity contribution is 0.000251. The third kappa shape index (κ3) is 1.49. The third-order valence-electron chi connectivity index (χ3n) is 3.57. The van der Waals surface area contributed by atoms with Crippen LogP contribution in [0.1, 0.15) is 17.5 Å². The lowest BCUT2D eigenvalue weighted by Gasteiger charge is -2.47. The SMILES string of the molecule is CN(C)C1(N(C)C)CC=Cc2ccccc21. The van der Waals surface area contributed by atoms with Crippen LogP contribution < -0.4 is 0 Å². The Morgan fingerprint density at radius 1 is 1.00 bits per heavy atom. The number of fused-ring (bicyclic) bond motifs is 1. The summed E-state index contributed by atoms with van der Waals surface area (Å²) in [4.78, 5) is 4.60. The highest BCUT2D eigenvalue weighted by Crippen LogP contribution is 2.38. The number of nitrogens with zero attached hydrogens (tertiary/aromatic N) is 2. The maximum absolute atomic E-state index is 2.30. The van der Waals surface area contributed by atoms with E-state index < -0.39 is 0 Å². The van der Waals surface area contributed by atoms with Gasteiger partial charge in [-0.05, 0) is 39.3 Å². The predicted octanol–water partition coefficient (Wildman–Crippen LogP) is 2.38. The molecule has 16 heavy (non-hydrogen) atoms. The topological polar surface area (TPSA) is 6.48 Å². The van der Waals surface area contributed by atoms with Crippen molar-refractivity contribution in [2.24, 2.45) is 0 Å². The van der Waals surface area contributed by atoms with Crippen LogP contribution in [0.3, 0.4) is 0 Å². The second-order valence-electron chi connectivity index (χ2n) is 4.80. The van der Waals surface area contributed by atoms with Gasteiger partial charge in [-0.2, -0.15) is 0 Å². The molecule has 0 radical (unpaired) electrons. The first-order valence-corrected chi connectivity index (χ1v) is 5.70. The summed E-state index contributed by atoms with van der Waals surface area (Å²) >= 11 is 0. The van der Waals surface area contributed by atoms with Crippen LogP contribution >= 0.6 is 0 Å². The Morgan fingerprint density at radius 2 is 1.62 bits per heavy atom. The van der Waals surface area contributed by atoms with Crippen LogP contribution in [0, 0.1) is 0 Å². The monoisotopic (exact) mass is 216 g/mol. The van der Waals surface area contributed by atoms with Gasteiger partial charge in [0.1, 0.15) is 5.66 Å². The Bertz CT molecular complexity index is 397. The molecule has 0 N–H and O–H groups in total. The van der Waals surface area contributed by atoms with E-state index in [0.717, 1.165) is 6.42 Å². The number of benzene rings is 1. The molecule has 0 aliphatic heterocycles. The molecule has 2 heteroatoms. The van der Waals surface area contributed by atoms with Gasteiger partial charge in [-0.1, -0.05) is 36.4 Å². The highest BCUT2D eigenvalue weighted by Gasteiger charge is 2.38. The van der Waals surface area contributed by atoms with Crippen LogP contribution in [-0.2, 0) is 5.66 Å². The van der Waals surface area contributed by atoms with Crippen molar-refractivity contribution in [3.63, 3.8) is 0 Å². The van der Waals surface area contributed by atoms with Gasteiger partial charge in [-0.15, -0.1) is 0 Å². The second-order valence-corrected chi connectivity index (χ2v) is 4.80. The van der Waals surface area contributed by atoms with Gasteiger partial charge in [0.2, 0.25) is 0 Å².